The second kappa shape index (κ2) is 8.86. The zero-order chi connectivity index (χ0) is 13.2. The molecule has 0 heterocycles. The van der Waals surface area contributed by atoms with Gasteiger partial charge in [0.25, 0.3) is 0 Å². The van der Waals surface area contributed by atoms with Crippen molar-refractivity contribution >= 4 is 0 Å². The first-order chi connectivity index (χ1) is 8.80. The van der Waals surface area contributed by atoms with E-state index in [0.717, 1.165) is 32.7 Å². The summed E-state index contributed by atoms with van der Waals surface area (Å²) < 4.78 is 5.12. The molecule has 0 aliphatic heterocycles. The van der Waals surface area contributed by atoms with Gasteiger partial charge in [0.1, 0.15) is 0 Å². The molecule has 0 aromatic heterocycles. The van der Waals surface area contributed by atoms with Gasteiger partial charge in [-0.25, -0.2) is 0 Å². The van der Waals surface area contributed by atoms with Crippen LogP contribution in [-0.4, -0.2) is 38.3 Å². The SMILES string of the molecule is C=CCN(CCOC)Cc1ccc(CCN)cc1. The highest BCUT2D eigenvalue weighted by Gasteiger charge is 2.04. The molecule has 0 radical (unpaired) electrons. The van der Waals surface area contributed by atoms with E-state index in [1.165, 1.54) is 11.1 Å². The number of hydrogen-bond acceptors (Lipinski definition) is 3. The fourth-order valence-corrected chi connectivity index (χ4v) is 1.87. The van der Waals surface area contributed by atoms with Gasteiger partial charge in [0.2, 0.25) is 0 Å². The first-order valence-corrected chi connectivity index (χ1v) is 6.40. The molecule has 2 N–H and O–H groups in total. The summed E-state index contributed by atoms with van der Waals surface area (Å²) in [7, 11) is 1.73. The summed E-state index contributed by atoms with van der Waals surface area (Å²) >= 11 is 0. The van der Waals surface area contributed by atoms with E-state index in [1.807, 2.05) is 6.08 Å². The summed E-state index contributed by atoms with van der Waals surface area (Å²) in [5.41, 5.74) is 8.15. The summed E-state index contributed by atoms with van der Waals surface area (Å²) in [5, 5.41) is 0. The van der Waals surface area contributed by atoms with Crippen molar-refractivity contribution in [1.82, 2.24) is 4.90 Å². The number of rotatable bonds is 9. The van der Waals surface area contributed by atoms with Crippen LogP contribution < -0.4 is 5.73 Å². The Balaban J connectivity index is 2.53. The van der Waals surface area contributed by atoms with Gasteiger partial charge in [0.05, 0.1) is 6.61 Å². The van der Waals surface area contributed by atoms with Crippen molar-refractivity contribution in [2.45, 2.75) is 13.0 Å². The molecule has 1 aromatic rings. The molecule has 100 valence electrons. The summed E-state index contributed by atoms with van der Waals surface area (Å²) in [6.45, 7) is 7.98. The van der Waals surface area contributed by atoms with Gasteiger partial charge in [0, 0.05) is 26.7 Å². The quantitative estimate of drug-likeness (QED) is 0.678. The lowest BCUT2D eigenvalue weighted by molar-refractivity contribution is 0.151. The predicted molar refractivity (Wildman–Crippen MR) is 76.6 cm³/mol. The molecule has 0 spiro atoms. The molecule has 3 nitrogen and oxygen atoms in total. The van der Waals surface area contributed by atoms with E-state index in [2.05, 4.69) is 35.7 Å². The van der Waals surface area contributed by atoms with Gasteiger partial charge in [-0.15, -0.1) is 6.58 Å². The monoisotopic (exact) mass is 248 g/mol. The van der Waals surface area contributed by atoms with Crippen LogP contribution in [0, 0.1) is 0 Å². The molecule has 0 atom stereocenters. The van der Waals surface area contributed by atoms with Gasteiger partial charge in [-0.3, -0.25) is 4.90 Å². The minimum atomic E-state index is 0.704. The Bertz CT molecular complexity index is 335. The van der Waals surface area contributed by atoms with Crippen molar-refractivity contribution < 1.29 is 4.74 Å². The van der Waals surface area contributed by atoms with Crippen LogP contribution in [-0.2, 0) is 17.7 Å². The second-order valence-corrected chi connectivity index (χ2v) is 4.37. The van der Waals surface area contributed by atoms with E-state index >= 15 is 0 Å². The highest BCUT2D eigenvalue weighted by atomic mass is 16.5. The van der Waals surface area contributed by atoms with Crippen molar-refractivity contribution in [3.63, 3.8) is 0 Å². The van der Waals surface area contributed by atoms with Gasteiger partial charge in [-0.05, 0) is 24.1 Å². The minimum Gasteiger partial charge on any atom is -0.383 e. The van der Waals surface area contributed by atoms with Crippen molar-refractivity contribution in [2.75, 3.05) is 33.4 Å². The zero-order valence-corrected chi connectivity index (χ0v) is 11.3. The molecule has 0 bridgehead atoms. The van der Waals surface area contributed by atoms with Crippen LogP contribution in [0.2, 0.25) is 0 Å². The fraction of sp³-hybridized carbons (Fsp3) is 0.467. The van der Waals surface area contributed by atoms with E-state index in [1.54, 1.807) is 7.11 Å². The minimum absolute atomic E-state index is 0.704. The number of methoxy groups -OCH3 is 1. The Hall–Kier alpha value is -1.16. The Labute approximate surface area is 110 Å². The van der Waals surface area contributed by atoms with Crippen LogP contribution in [0.3, 0.4) is 0 Å². The molecule has 0 aliphatic carbocycles. The maximum Gasteiger partial charge on any atom is 0.0589 e. The van der Waals surface area contributed by atoms with Crippen molar-refractivity contribution in [3.8, 4) is 0 Å². The molecular weight excluding hydrogens is 224 g/mol. The molecule has 18 heavy (non-hydrogen) atoms. The maximum absolute atomic E-state index is 5.54. The molecule has 3 heteroatoms. The van der Waals surface area contributed by atoms with Crippen LogP contribution >= 0.6 is 0 Å². The third-order valence-electron chi connectivity index (χ3n) is 2.86. The van der Waals surface area contributed by atoms with Crippen molar-refractivity contribution in [2.24, 2.45) is 5.73 Å². The molecule has 0 amide bonds. The van der Waals surface area contributed by atoms with E-state index in [-0.39, 0.29) is 0 Å². The molecule has 1 rings (SSSR count). The first-order valence-electron chi connectivity index (χ1n) is 6.40. The van der Waals surface area contributed by atoms with Gasteiger partial charge in [0.15, 0.2) is 0 Å². The summed E-state index contributed by atoms with van der Waals surface area (Å²) in [6, 6.07) is 8.66. The van der Waals surface area contributed by atoms with E-state index < -0.39 is 0 Å². The lowest BCUT2D eigenvalue weighted by atomic mass is 10.1. The number of ether oxygens (including phenoxy) is 1. The van der Waals surface area contributed by atoms with E-state index in [4.69, 9.17) is 10.5 Å². The third-order valence-corrected chi connectivity index (χ3v) is 2.86. The molecule has 0 aliphatic rings. The molecular formula is C15H24N2O. The lowest BCUT2D eigenvalue weighted by Gasteiger charge is -2.20. The van der Waals surface area contributed by atoms with Gasteiger partial charge >= 0.3 is 0 Å². The largest absolute Gasteiger partial charge is 0.383 e. The number of benzene rings is 1. The Kier molecular flexibility index (Phi) is 7.34. The summed E-state index contributed by atoms with van der Waals surface area (Å²) in [6.07, 6.45) is 2.87. The molecule has 0 saturated carbocycles. The zero-order valence-electron chi connectivity index (χ0n) is 11.3. The summed E-state index contributed by atoms with van der Waals surface area (Å²) in [5.74, 6) is 0. The van der Waals surface area contributed by atoms with E-state index in [0.29, 0.717) is 6.54 Å². The smallest absolute Gasteiger partial charge is 0.0589 e. The van der Waals surface area contributed by atoms with Crippen molar-refractivity contribution in [3.05, 3.63) is 48.0 Å². The normalized spacial score (nSPS) is 10.8. The Morgan fingerprint density at radius 3 is 2.50 bits per heavy atom. The molecule has 0 fully saturated rings. The topological polar surface area (TPSA) is 38.5 Å². The maximum atomic E-state index is 5.54. The highest BCUT2D eigenvalue weighted by Crippen LogP contribution is 2.08. The van der Waals surface area contributed by atoms with Crippen LogP contribution in [0.15, 0.2) is 36.9 Å². The summed E-state index contributed by atoms with van der Waals surface area (Å²) in [4.78, 5) is 2.31. The van der Waals surface area contributed by atoms with Gasteiger partial charge in [-0.1, -0.05) is 30.3 Å². The number of nitrogens with two attached hydrogens (primary N) is 1. The predicted octanol–water partition coefficient (Wildman–Crippen LogP) is 1.82. The number of nitrogens with zero attached hydrogens (tertiary/aromatic N) is 1. The number of hydrogen-bond donors (Lipinski definition) is 1. The third kappa shape index (κ3) is 5.45. The standard InChI is InChI=1S/C15H24N2O/c1-3-10-17(11-12-18-2)13-15-6-4-14(5-7-15)8-9-16/h3-7H,1,8-13,16H2,2H3. The molecule has 0 unspecified atom stereocenters. The van der Waals surface area contributed by atoms with E-state index in [9.17, 15) is 0 Å². The molecule has 0 saturated heterocycles. The first kappa shape index (κ1) is 14.9. The Morgan fingerprint density at radius 2 is 1.94 bits per heavy atom. The fourth-order valence-electron chi connectivity index (χ4n) is 1.87. The van der Waals surface area contributed by atoms with Crippen molar-refractivity contribution in [1.29, 1.82) is 0 Å². The highest BCUT2D eigenvalue weighted by molar-refractivity contribution is 5.22. The van der Waals surface area contributed by atoms with Gasteiger partial charge in [-0.2, -0.15) is 0 Å². The molecule has 1 aromatic carbocycles. The second-order valence-electron chi connectivity index (χ2n) is 4.37. The Morgan fingerprint density at radius 1 is 1.28 bits per heavy atom. The van der Waals surface area contributed by atoms with Crippen LogP contribution in [0.5, 0.6) is 0 Å². The average Bonchev–Trinajstić information content (AvgIpc) is 2.39. The van der Waals surface area contributed by atoms with Gasteiger partial charge < -0.3 is 10.5 Å². The van der Waals surface area contributed by atoms with Crippen LogP contribution in [0.4, 0.5) is 0 Å². The van der Waals surface area contributed by atoms with Crippen LogP contribution in [0.25, 0.3) is 0 Å². The lowest BCUT2D eigenvalue weighted by Crippen LogP contribution is -2.27. The van der Waals surface area contributed by atoms with Crippen LogP contribution in [0.1, 0.15) is 11.1 Å². The average molecular weight is 248 g/mol.